The molecule has 0 radical (unpaired) electrons. The molecule has 4 rings (SSSR count). The molecule has 0 N–H and O–H groups in total. The minimum atomic E-state index is -3.11. The summed E-state index contributed by atoms with van der Waals surface area (Å²) < 4.78 is 42.3. The first-order valence-corrected chi connectivity index (χ1v) is 12.6. The first kappa shape index (κ1) is 23.2. The van der Waals surface area contributed by atoms with Crippen molar-refractivity contribution in [3.05, 3.63) is 48.8 Å². The maximum Gasteiger partial charge on any atom is 0.230 e. The van der Waals surface area contributed by atoms with E-state index in [-0.39, 0.29) is 0 Å². The number of para-hydroxylation sites is 1. The third kappa shape index (κ3) is 5.89. The second-order valence-corrected chi connectivity index (χ2v) is 9.80. The van der Waals surface area contributed by atoms with Gasteiger partial charge in [0.05, 0.1) is 30.9 Å². The molecular weight excluding hydrogens is 444 g/mol. The van der Waals surface area contributed by atoms with Crippen LogP contribution in [0.25, 0.3) is 10.9 Å². The van der Waals surface area contributed by atoms with Crippen LogP contribution >= 0.6 is 0 Å². The van der Waals surface area contributed by atoms with Gasteiger partial charge in [-0.15, -0.1) is 0 Å². The second kappa shape index (κ2) is 10.3. The molecule has 0 amide bonds. The number of hydrogen-bond acceptors (Lipinski definition) is 8. The molecule has 1 aliphatic rings. The number of aromatic nitrogens is 2. The van der Waals surface area contributed by atoms with Gasteiger partial charge in [0, 0.05) is 38.8 Å². The number of fused-ring (bicyclic) bond motifs is 1. The van der Waals surface area contributed by atoms with E-state index >= 15 is 0 Å². The normalized spacial score (nSPS) is 15.5. The van der Waals surface area contributed by atoms with E-state index in [1.807, 2.05) is 42.5 Å². The minimum absolute atomic E-state index is 0.448. The number of rotatable bonds is 9. The number of nitrogens with zero attached hydrogens (tertiary/aromatic N) is 4. The lowest BCUT2D eigenvalue weighted by Gasteiger charge is -2.33. The van der Waals surface area contributed by atoms with Crippen LogP contribution in [0, 0.1) is 0 Å². The summed E-state index contributed by atoms with van der Waals surface area (Å²) in [6, 6.07) is 13.1. The van der Waals surface area contributed by atoms with Crippen molar-refractivity contribution in [3.63, 3.8) is 0 Å². The molecule has 1 aliphatic heterocycles. The Morgan fingerprint density at radius 3 is 2.45 bits per heavy atom. The highest BCUT2D eigenvalue weighted by Gasteiger charge is 2.23. The highest BCUT2D eigenvalue weighted by atomic mass is 32.2. The molecule has 0 saturated carbocycles. The fourth-order valence-electron chi connectivity index (χ4n) is 3.75. The smallest absolute Gasteiger partial charge is 0.230 e. The van der Waals surface area contributed by atoms with Gasteiger partial charge in [0.25, 0.3) is 0 Å². The van der Waals surface area contributed by atoms with Crippen molar-refractivity contribution in [2.75, 3.05) is 52.7 Å². The van der Waals surface area contributed by atoms with Crippen LogP contribution in [0.3, 0.4) is 0 Å². The molecule has 10 heteroatoms. The van der Waals surface area contributed by atoms with Crippen LogP contribution in [0.1, 0.15) is 6.42 Å². The summed E-state index contributed by atoms with van der Waals surface area (Å²) in [6.07, 6.45) is 3.54. The summed E-state index contributed by atoms with van der Waals surface area (Å²) >= 11 is 0. The average Bonchev–Trinajstić information content (AvgIpc) is 2.82. The van der Waals surface area contributed by atoms with Crippen molar-refractivity contribution >= 4 is 20.9 Å². The van der Waals surface area contributed by atoms with Crippen LogP contribution in [0.4, 0.5) is 0 Å². The van der Waals surface area contributed by atoms with Crippen LogP contribution in [-0.4, -0.2) is 80.3 Å². The first-order chi connectivity index (χ1) is 15.9. The Morgan fingerprint density at radius 1 is 1.00 bits per heavy atom. The van der Waals surface area contributed by atoms with Crippen molar-refractivity contribution < 1.29 is 22.6 Å². The van der Waals surface area contributed by atoms with Gasteiger partial charge >= 0.3 is 0 Å². The van der Waals surface area contributed by atoms with Crippen molar-refractivity contribution in [3.8, 4) is 23.1 Å². The molecule has 0 spiro atoms. The van der Waals surface area contributed by atoms with Crippen LogP contribution < -0.4 is 14.2 Å². The Bertz CT molecular complexity index is 1180. The van der Waals surface area contributed by atoms with E-state index in [0.717, 1.165) is 31.4 Å². The van der Waals surface area contributed by atoms with E-state index in [9.17, 15) is 8.42 Å². The van der Waals surface area contributed by atoms with E-state index in [2.05, 4.69) is 14.9 Å². The monoisotopic (exact) mass is 472 g/mol. The Balaban J connectivity index is 1.37. The Morgan fingerprint density at radius 2 is 1.76 bits per heavy atom. The quantitative estimate of drug-likeness (QED) is 0.439. The maximum atomic E-state index is 11.6. The molecule has 2 aromatic carbocycles. The fraction of sp³-hybridized carbons (Fsp3) is 0.391. The lowest BCUT2D eigenvalue weighted by Crippen LogP contribution is -2.48. The molecule has 0 bridgehead atoms. The summed E-state index contributed by atoms with van der Waals surface area (Å²) in [5.74, 6) is 2.33. The number of benzene rings is 2. The standard InChI is InChI=1S/C23H28N4O5S/c1-30-21-15-19-20(24-17-25-23(19)32-18-7-4-3-5-8-18)16-22(21)31-14-6-9-26-10-12-27(13-11-26)33(2,28)29/h3-5,7-8,15-17H,6,9-14H2,1-2H3. The number of ether oxygens (including phenoxy) is 3. The third-order valence-corrected chi connectivity index (χ3v) is 6.82. The third-order valence-electron chi connectivity index (χ3n) is 5.52. The molecule has 1 fully saturated rings. The van der Waals surface area contributed by atoms with Crippen molar-refractivity contribution in [1.82, 2.24) is 19.2 Å². The van der Waals surface area contributed by atoms with Crippen molar-refractivity contribution in [1.29, 1.82) is 0 Å². The molecule has 0 unspecified atom stereocenters. The summed E-state index contributed by atoms with van der Waals surface area (Å²) in [5, 5.41) is 0.731. The lowest BCUT2D eigenvalue weighted by molar-refractivity contribution is 0.174. The molecule has 1 saturated heterocycles. The van der Waals surface area contributed by atoms with Gasteiger partial charge in [-0.05, 0) is 24.6 Å². The van der Waals surface area contributed by atoms with Crippen molar-refractivity contribution in [2.45, 2.75) is 6.42 Å². The van der Waals surface area contributed by atoms with Gasteiger partial charge in [0.2, 0.25) is 15.9 Å². The molecule has 0 aliphatic carbocycles. The van der Waals surface area contributed by atoms with Gasteiger partial charge in [-0.3, -0.25) is 0 Å². The van der Waals surface area contributed by atoms with Gasteiger partial charge in [0.1, 0.15) is 12.1 Å². The fourth-order valence-corrected chi connectivity index (χ4v) is 4.58. The molecule has 0 atom stereocenters. The number of hydrogen-bond donors (Lipinski definition) is 0. The maximum absolute atomic E-state index is 11.6. The van der Waals surface area contributed by atoms with Crippen LogP contribution in [0.5, 0.6) is 23.1 Å². The zero-order valence-electron chi connectivity index (χ0n) is 18.8. The average molecular weight is 473 g/mol. The minimum Gasteiger partial charge on any atom is -0.493 e. The largest absolute Gasteiger partial charge is 0.493 e. The summed E-state index contributed by atoms with van der Waals surface area (Å²) in [5.41, 5.74) is 0.698. The SMILES string of the molecule is COc1cc2c(Oc3ccccc3)ncnc2cc1OCCCN1CCN(S(C)(=O)=O)CC1. The van der Waals surface area contributed by atoms with E-state index < -0.39 is 10.0 Å². The number of methoxy groups -OCH3 is 1. The van der Waals surface area contributed by atoms with Crippen molar-refractivity contribution in [2.24, 2.45) is 0 Å². The molecule has 176 valence electrons. The predicted octanol–water partition coefficient (Wildman–Crippen LogP) is 2.78. The van der Waals surface area contributed by atoms with Gasteiger partial charge in [-0.25, -0.2) is 18.4 Å². The summed E-state index contributed by atoms with van der Waals surface area (Å²) in [4.78, 5) is 10.9. The first-order valence-electron chi connectivity index (χ1n) is 10.8. The van der Waals surface area contributed by atoms with Gasteiger partial charge in [-0.2, -0.15) is 4.31 Å². The van der Waals surface area contributed by atoms with Gasteiger partial charge < -0.3 is 19.1 Å². The topological polar surface area (TPSA) is 94.1 Å². The summed E-state index contributed by atoms with van der Waals surface area (Å²) in [6.45, 7) is 3.87. The van der Waals surface area contributed by atoms with Crippen LogP contribution in [0.15, 0.2) is 48.8 Å². The highest BCUT2D eigenvalue weighted by Crippen LogP contribution is 2.36. The van der Waals surface area contributed by atoms with E-state index in [1.54, 1.807) is 7.11 Å². The van der Waals surface area contributed by atoms with Gasteiger partial charge in [-0.1, -0.05) is 18.2 Å². The Hall–Kier alpha value is -2.95. The zero-order valence-corrected chi connectivity index (χ0v) is 19.6. The van der Waals surface area contributed by atoms with Crippen LogP contribution in [-0.2, 0) is 10.0 Å². The van der Waals surface area contributed by atoms with E-state index in [4.69, 9.17) is 14.2 Å². The van der Waals surface area contributed by atoms with E-state index in [0.29, 0.717) is 48.3 Å². The molecule has 33 heavy (non-hydrogen) atoms. The molecule has 2 heterocycles. The van der Waals surface area contributed by atoms with Crippen LogP contribution in [0.2, 0.25) is 0 Å². The molecule has 3 aromatic rings. The molecular formula is C23H28N4O5S. The second-order valence-electron chi connectivity index (χ2n) is 7.82. The zero-order chi connectivity index (χ0) is 23.3. The van der Waals surface area contributed by atoms with Gasteiger partial charge in [0.15, 0.2) is 11.5 Å². The predicted molar refractivity (Wildman–Crippen MR) is 126 cm³/mol. The van der Waals surface area contributed by atoms with E-state index in [1.165, 1.54) is 16.9 Å². The number of sulfonamides is 1. The molecule has 9 nitrogen and oxygen atoms in total. The number of piperazine rings is 1. The Labute approximate surface area is 194 Å². The summed E-state index contributed by atoms with van der Waals surface area (Å²) in [7, 11) is -1.51. The molecule has 1 aromatic heterocycles. The highest BCUT2D eigenvalue weighted by molar-refractivity contribution is 7.88. The Kier molecular flexibility index (Phi) is 7.26. The lowest BCUT2D eigenvalue weighted by atomic mass is 10.2.